The number of hydrogen-bond acceptors (Lipinski definition) is 7. The first kappa shape index (κ1) is 21.4. The van der Waals surface area contributed by atoms with Gasteiger partial charge in [0.25, 0.3) is 0 Å². The molecule has 0 radical (unpaired) electrons. The fourth-order valence-electron chi connectivity index (χ4n) is 2.73. The Morgan fingerprint density at radius 1 is 0.387 bits per heavy atom. The van der Waals surface area contributed by atoms with Gasteiger partial charge in [0.15, 0.2) is 0 Å². The van der Waals surface area contributed by atoms with Gasteiger partial charge in [0.2, 0.25) is 0 Å². The first-order valence-electron chi connectivity index (χ1n) is 9.34. The Morgan fingerprint density at radius 2 is 0.710 bits per heavy atom. The van der Waals surface area contributed by atoms with Crippen LogP contribution >= 0.6 is 35.3 Å². The van der Waals surface area contributed by atoms with E-state index in [1.54, 1.807) is 59.6 Å². The zero-order valence-corrected chi connectivity index (χ0v) is 18.8. The van der Waals surface area contributed by atoms with Crippen LogP contribution in [-0.4, -0.2) is 22.8 Å². The molecule has 4 N–H and O–H groups in total. The molecule has 4 nitrogen and oxygen atoms in total. The summed E-state index contributed by atoms with van der Waals surface area (Å²) in [6, 6.07) is 16.7. The Kier molecular flexibility index (Phi) is 6.56. The SMILES string of the molecule is N=C1C=CC(Sc2ccc(Sc3ccc(SC4=CC(=N)C(=N)C=C4)cc3)cc2)=CC1=N. The Labute approximate surface area is 193 Å². The highest BCUT2D eigenvalue weighted by Crippen LogP contribution is 2.35. The smallest absolute Gasteiger partial charge is 0.0800 e. The zero-order valence-electron chi connectivity index (χ0n) is 16.3. The van der Waals surface area contributed by atoms with E-state index in [0.29, 0.717) is 0 Å². The summed E-state index contributed by atoms with van der Waals surface area (Å²) in [5.41, 5.74) is 0.972. The first-order chi connectivity index (χ1) is 15.0. The predicted molar refractivity (Wildman–Crippen MR) is 134 cm³/mol. The van der Waals surface area contributed by atoms with Crippen LogP contribution in [-0.2, 0) is 0 Å². The molecule has 4 rings (SSSR count). The van der Waals surface area contributed by atoms with Gasteiger partial charge in [-0.2, -0.15) is 0 Å². The van der Waals surface area contributed by atoms with E-state index in [1.807, 2.05) is 12.2 Å². The van der Waals surface area contributed by atoms with Crippen LogP contribution in [0.1, 0.15) is 0 Å². The molecular weight excluding hydrogens is 440 g/mol. The van der Waals surface area contributed by atoms with Gasteiger partial charge in [0, 0.05) is 29.4 Å². The normalized spacial score (nSPS) is 15.9. The minimum absolute atomic E-state index is 0.243. The van der Waals surface area contributed by atoms with Crippen LogP contribution in [0.2, 0.25) is 0 Å². The maximum Gasteiger partial charge on any atom is 0.0800 e. The molecule has 0 saturated carbocycles. The number of benzene rings is 2. The quantitative estimate of drug-likeness (QED) is 0.351. The fraction of sp³-hybridized carbons (Fsp3) is 0. The summed E-state index contributed by atoms with van der Waals surface area (Å²) < 4.78 is 0. The molecular formula is C24H18N4S3. The van der Waals surface area contributed by atoms with Gasteiger partial charge in [-0.15, -0.1) is 0 Å². The van der Waals surface area contributed by atoms with E-state index in [4.69, 9.17) is 21.6 Å². The van der Waals surface area contributed by atoms with Gasteiger partial charge in [-0.3, -0.25) is 21.6 Å². The van der Waals surface area contributed by atoms with Crippen molar-refractivity contribution in [1.29, 1.82) is 21.6 Å². The predicted octanol–water partition coefficient (Wildman–Crippen LogP) is 7.01. The Hall–Kier alpha value is -2.87. The Morgan fingerprint density at radius 3 is 1.03 bits per heavy atom. The van der Waals surface area contributed by atoms with Crippen LogP contribution in [0.5, 0.6) is 0 Å². The van der Waals surface area contributed by atoms with Crippen molar-refractivity contribution in [2.75, 3.05) is 0 Å². The topological polar surface area (TPSA) is 95.4 Å². The average molecular weight is 459 g/mol. The molecule has 2 aromatic rings. The zero-order chi connectivity index (χ0) is 21.8. The van der Waals surface area contributed by atoms with Gasteiger partial charge in [0.1, 0.15) is 0 Å². The monoisotopic (exact) mass is 458 g/mol. The molecule has 7 heteroatoms. The molecule has 0 bridgehead atoms. The fourth-order valence-corrected chi connectivity index (χ4v) is 5.26. The largest absolute Gasteiger partial charge is 0.299 e. The van der Waals surface area contributed by atoms with E-state index >= 15 is 0 Å². The molecule has 0 spiro atoms. The van der Waals surface area contributed by atoms with Crippen molar-refractivity contribution in [3.63, 3.8) is 0 Å². The van der Waals surface area contributed by atoms with Gasteiger partial charge < -0.3 is 0 Å². The lowest BCUT2D eigenvalue weighted by Gasteiger charge is -2.09. The Bertz CT molecular complexity index is 1100. The highest BCUT2D eigenvalue weighted by atomic mass is 32.2. The second-order valence-corrected chi connectivity index (χ2v) is 10.1. The molecule has 0 amide bonds. The molecule has 0 fully saturated rings. The second-order valence-electron chi connectivity index (χ2n) is 6.66. The molecule has 0 unspecified atom stereocenters. The minimum atomic E-state index is 0.243. The van der Waals surface area contributed by atoms with Gasteiger partial charge >= 0.3 is 0 Å². The van der Waals surface area contributed by atoms with Crippen molar-refractivity contribution < 1.29 is 0 Å². The molecule has 0 aromatic heterocycles. The summed E-state index contributed by atoms with van der Waals surface area (Å²) in [5, 5.41) is 30.7. The molecule has 0 atom stereocenters. The van der Waals surface area contributed by atoms with Gasteiger partial charge in [-0.05, 0) is 85.0 Å². The lowest BCUT2D eigenvalue weighted by Crippen LogP contribution is -2.09. The highest BCUT2D eigenvalue weighted by Gasteiger charge is 2.09. The molecule has 2 aromatic carbocycles. The summed E-state index contributed by atoms with van der Waals surface area (Å²) in [6.45, 7) is 0. The van der Waals surface area contributed by atoms with E-state index < -0.39 is 0 Å². The third-order valence-corrected chi connectivity index (χ3v) is 7.35. The number of nitrogens with one attached hydrogen (secondary N) is 4. The molecule has 0 aliphatic heterocycles. The average Bonchev–Trinajstić information content (AvgIpc) is 2.76. The number of hydrogen-bond donors (Lipinski definition) is 4. The molecule has 0 heterocycles. The van der Waals surface area contributed by atoms with E-state index in [-0.39, 0.29) is 22.8 Å². The van der Waals surface area contributed by atoms with Crippen molar-refractivity contribution in [3.8, 4) is 0 Å². The van der Waals surface area contributed by atoms with Gasteiger partial charge in [-0.25, -0.2) is 0 Å². The van der Waals surface area contributed by atoms with Crippen molar-refractivity contribution >= 4 is 58.1 Å². The number of thioether (sulfide) groups is 2. The van der Waals surface area contributed by atoms with E-state index in [2.05, 4.69) is 48.5 Å². The van der Waals surface area contributed by atoms with Crippen molar-refractivity contribution in [1.82, 2.24) is 0 Å². The summed E-state index contributed by atoms with van der Waals surface area (Å²) >= 11 is 4.88. The summed E-state index contributed by atoms with van der Waals surface area (Å²) in [7, 11) is 0. The van der Waals surface area contributed by atoms with Crippen LogP contribution in [0.4, 0.5) is 0 Å². The molecule has 2 aliphatic carbocycles. The summed E-state index contributed by atoms with van der Waals surface area (Å²) in [4.78, 5) is 6.42. The van der Waals surface area contributed by atoms with Crippen molar-refractivity contribution in [2.24, 2.45) is 0 Å². The first-order valence-corrected chi connectivity index (χ1v) is 11.8. The van der Waals surface area contributed by atoms with Crippen LogP contribution in [0.15, 0.2) is 114 Å². The van der Waals surface area contributed by atoms with Crippen LogP contribution in [0, 0.1) is 21.6 Å². The number of rotatable bonds is 6. The highest BCUT2D eigenvalue weighted by molar-refractivity contribution is 8.03. The maximum atomic E-state index is 7.76. The number of allylic oxidation sites excluding steroid dienone is 6. The van der Waals surface area contributed by atoms with Crippen LogP contribution in [0.3, 0.4) is 0 Å². The lowest BCUT2D eigenvalue weighted by atomic mass is 10.1. The standard InChI is InChI=1S/C24H18N4S3/c25-21-11-9-19(13-23(21)27)30-17-5-1-15(2-6-17)29-16-3-7-18(8-4-16)31-20-10-12-22(26)24(28)14-20/h1-14,25-28H. The third-order valence-electron chi connectivity index (χ3n) is 4.34. The molecule has 152 valence electrons. The summed E-state index contributed by atoms with van der Waals surface area (Å²) in [5.74, 6) is 0. The minimum Gasteiger partial charge on any atom is -0.299 e. The molecule has 2 aliphatic rings. The van der Waals surface area contributed by atoms with E-state index in [9.17, 15) is 0 Å². The van der Waals surface area contributed by atoms with E-state index in [0.717, 1.165) is 29.4 Å². The third kappa shape index (κ3) is 5.64. The Balaban J connectivity index is 1.35. The maximum absolute atomic E-state index is 7.76. The van der Waals surface area contributed by atoms with Gasteiger partial charge in [0.05, 0.1) is 22.8 Å². The van der Waals surface area contributed by atoms with Gasteiger partial charge in [-0.1, -0.05) is 35.3 Å². The lowest BCUT2D eigenvalue weighted by molar-refractivity contribution is 1.32. The van der Waals surface area contributed by atoms with Crippen LogP contribution in [0.25, 0.3) is 0 Å². The van der Waals surface area contributed by atoms with Crippen LogP contribution < -0.4 is 0 Å². The second kappa shape index (κ2) is 9.51. The van der Waals surface area contributed by atoms with Crippen molar-refractivity contribution in [3.05, 3.63) is 94.8 Å². The summed E-state index contributed by atoms with van der Waals surface area (Å²) in [6.07, 6.45) is 10.5. The van der Waals surface area contributed by atoms with E-state index in [1.165, 1.54) is 0 Å². The van der Waals surface area contributed by atoms with Crippen molar-refractivity contribution in [2.45, 2.75) is 19.6 Å². The molecule has 31 heavy (non-hydrogen) atoms. The molecule has 0 saturated heterocycles.